The second kappa shape index (κ2) is 15.0. The summed E-state index contributed by atoms with van der Waals surface area (Å²) in [4.78, 5) is 48.0. The number of nitrogens with one attached hydrogen (secondary N) is 2. The third kappa shape index (κ3) is 7.65. The Bertz CT molecular complexity index is 1600. The summed E-state index contributed by atoms with van der Waals surface area (Å²) in [6, 6.07) is 17.9. The fraction of sp³-hybridized carbons (Fsp3) is 0.526. The summed E-state index contributed by atoms with van der Waals surface area (Å²) in [6.45, 7) is 4.98. The standard InChI is InChI=1S/C38H49N7O3/c46-35(43-22-15-33(16-23-43)45-38(48)41-36(42-45)30-4-2-1-3-5-30)26-32(25-29-8-9-34-31(24-29)12-19-40-34)37(47)44-20-13-28(14-21-44)7-6-27-10-17-39-18-11-27/h1-5,8-9,12,19,24,27-28,32-33,39-40H,6-7,10-11,13-18,20-23,25-26H2,(H,41,42,48)/p+1. The van der Waals surface area contributed by atoms with Crippen LogP contribution in [-0.4, -0.2) is 88.8 Å². The number of hydrogen-bond acceptors (Lipinski definition) is 5. The number of aromatic nitrogens is 1. The Hall–Kier alpha value is -4.02. The Kier molecular flexibility index (Phi) is 10.2. The van der Waals surface area contributed by atoms with Gasteiger partial charge in [-0.25, -0.2) is 10.1 Å². The SMILES string of the molecule is O=C(CC(Cc1ccc2[nH]ccc2c1)C(=O)N1CCC(CCC2CCNCC2)CC1)N1CCC(N2N=C(c3ccccc3)[NH2+]C2=O)CC1. The molecule has 0 bridgehead atoms. The largest absolute Gasteiger partial charge is 0.442 e. The van der Waals surface area contributed by atoms with E-state index in [0.29, 0.717) is 44.1 Å². The van der Waals surface area contributed by atoms with Gasteiger partial charge in [0.1, 0.15) is 0 Å². The number of rotatable bonds is 10. The molecule has 10 heteroatoms. The van der Waals surface area contributed by atoms with E-state index in [1.165, 1.54) is 25.7 Å². The van der Waals surface area contributed by atoms with Crippen LogP contribution in [0.15, 0.2) is 65.9 Å². The molecule has 4 N–H and O–H groups in total. The lowest BCUT2D eigenvalue weighted by Crippen LogP contribution is -2.90. The van der Waals surface area contributed by atoms with Gasteiger partial charge in [0.2, 0.25) is 11.8 Å². The number of likely N-dealkylation sites (tertiary alicyclic amines) is 2. The van der Waals surface area contributed by atoms with Gasteiger partial charge in [0, 0.05) is 44.3 Å². The minimum absolute atomic E-state index is 0.0270. The minimum atomic E-state index is -0.398. The number of hydrazone groups is 1. The monoisotopic (exact) mass is 652 g/mol. The number of quaternary nitrogens is 1. The molecule has 10 nitrogen and oxygen atoms in total. The highest BCUT2D eigenvalue weighted by atomic mass is 16.2. The second-order valence-corrected chi connectivity index (χ2v) is 14.3. The lowest BCUT2D eigenvalue weighted by atomic mass is 9.85. The summed E-state index contributed by atoms with van der Waals surface area (Å²) in [5, 5.41) is 12.4. The van der Waals surface area contributed by atoms with Crippen LogP contribution in [0.3, 0.4) is 0 Å². The quantitative estimate of drug-likeness (QED) is 0.306. The summed E-state index contributed by atoms with van der Waals surface area (Å²) in [7, 11) is 0. The molecule has 1 atom stereocenters. The van der Waals surface area contributed by atoms with E-state index in [9.17, 15) is 14.4 Å². The van der Waals surface area contributed by atoms with Crippen LogP contribution >= 0.6 is 0 Å². The van der Waals surface area contributed by atoms with Crippen molar-refractivity contribution in [2.45, 2.75) is 70.3 Å². The van der Waals surface area contributed by atoms with E-state index < -0.39 is 5.92 Å². The maximum atomic E-state index is 14.1. The number of carbonyl (C=O) groups excluding carboxylic acids is 3. The molecule has 4 aliphatic rings. The number of aromatic amines is 1. The molecule has 1 unspecified atom stereocenters. The summed E-state index contributed by atoms with van der Waals surface area (Å²) in [5.41, 5.74) is 3.08. The highest BCUT2D eigenvalue weighted by Gasteiger charge is 2.38. The minimum Gasteiger partial charge on any atom is -0.361 e. The molecule has 5 heterocycles. The van der Waals surface area contributed by atoms with Crippen molar-refractivity contribution in [3.63, 3.8) is 0 Å². The van der Waals surface area contributed by atoms with Crippen molar-refractivity contribution in [3.8, 4) is 0 Å². The number of fused-ring (bicyclic) bond motifs is 1. The van der Waals surface area contributed by atoms with Gasteiger partial charge in [-0.05, 0) is 111 Å². The first-order valence-electron chi connectivity index (χ1n) is 18.2. The zero-order valence-corrected chi connectivity index (χ0v) is 28.0. The zero-order valence-electron chi connectivity index (χ0n) is 28.0. The van der Waals surface area contributed by atoms with Crippen LogP contribution in [0.5, 0.6) is 0 Å². The molecule has 3 saturated heterocycles. The molecule has 7 rings (SSSR count). The molecule has 3 fully saturated rings. The first-order valence-corrected chi connectivity index (χ1v) is 18.2. The maximum absolute atomic E-state index is 14.1. The number of benzene rings is 2. The predicted octanol–water partition coefficient (Wildman–Crippen LogP) is 4.09. The second-order valence-electron chi connectivity index (χ2n) is 14.3. The molecular weight excluding hydrogens is 602 g/mol. The Morgan fingerprint density at radius 2 is 1.56 bits per heavy atom. The smallest absolute Gasteiger partial charge is 0.361 e. The van der Waals surface area contributed by atoms with Crippen molar-refractivity contribution in [1.29, 1.82) is 0 Å². The zero-order chi connectivity index (χ0) is 32.9. The van der Waals surface area contributed by atoms with Crippen LogP contribution in [0.2, 0.25) is 0 Å². The Balaban J connectivity index is 0.965. The van der Waals surface area contributed by atoms with E-state index in [0.717, 1.165) is 67.0 Å². The fourth-order valence-corrected chi connectivity index (χ4v) is 8.19. The number of primary amides is 1. The first-order chi connectivity index (χ1) is 23.5. The average molecular weight is 653 g/mol. The van der Waals surface area contributed by atoms with Crippen molar-refractivity contribution >= 4 is 34.6 Å². The van der Waals surface area contributed by atoms with Crippen LogP contribution in [0.25, 0.3) is 10.9 Å². The summed E-state index contributed by atoms with van der Waals surface area (Å²) in [5.74, 6) is 1.96. The first kappa shape index (κ1) is 32.5. The van der Waals surface area contributed by atoms with Gasteiger partial charge in [0.25, 0.3) is 5.84 Å². The van der Waals surface area contributed by atoms with Crippen molar-refractivity contribution in [3.05, 3.63) is 71.9 Å². The highest BCUT2D eigenvalue weighted by molar-refractivity contribution is 5.98. The number of piperidine rings is 3. The van der Waals surface area contributed by atoms with Crippen LogP contribution in [0.1, 0.15) is 68.9 Å². The summed E-state index contributed by atoms with van der Waals surface area (Å²) in [6.07, 6.45) is 11.3. The van der Waals surface area contributed by atoms with E-state index in [4.69, 9.17) is 0 Å². The Labute approximate surface area is 283 Å². The van der Waals surface area contributed by atoms with Gasteiger partial charge in [-0.3, -0.25) is 9.59 Å². The molecule has 0 aliphatic carbocycles. The summed E-state index contributed by atoms with van der Waals surface area (Å²) >= 11 is 0. The van der Waals surface area contributed by atoms with Crippen LogP contribution < -0.4 is 10.6 Å². The highest BCUT2D eigenvalue weighted by Crippen LogP contribution is 2.29. The molecular formula is C38H50N7O3+. The van der Waals surface area contributed by atoms with Gasteiger partial charge >= 0.3 is 6.03 Å². The van der Waals surface area contributed by atoms with Gasteiger partial charge in [-0.15, -0.1) is 5.10 Å². The van der Waals surface area contributed by atoms with Crippen LogP contribution in [0, 0.1) is 17.8 Å². The number of carbonyl (C=O) groups is 3. The third-order valence-electron chi connectivity index (χ3n) is 11.2. The lowest BCUT2D eigenvalue weighted by Gasteiger charge is -2.36. The van der Waals surface area contributed by atoms with Gasteiger partial charge in [-0.2, -0.15) is 5.01 Å². The average Bonchev–Trinajstić information content (AvgIpc) is 3.77. The third-order valence-corrected chi connectivity index (χ3v) is 11.2. The normalized spacial score (nSPS) is 20.8. The number of urea groups is 1. The molecule has 48 heavy (non-hydrogen) atoms. The van der Waals surface area contributed by atoms with E-state index in [2.05, 4.69) is 39.7 Å². The molecule has 254 valence electrons. The van der Waals surface area contributed by atoms with Gasteiger partial charge in [0.05, 0.1) is 17.5 Å². The molecule has 3 aromatic rings. The van der Waals surface area contributed by atoms with Crippen molar-refractivity contribution in [2.75, 3.05) is 39.3 Å². The Morgan fingerprint density at radius 3 is 2.31 bits per heavy atom. The molecule has 0 spiro atoms. The fourth-order valence-electron chi connectivity index (χ4n) is 8.19. The van der Waals surface area contributed by atoms with Crippen molar-refractivity contribution in [1.82, 2.24) is 25.1 Å². The van der Waals surface area contributed by atoms with Gasteiger partial charge in [0.15, 0.2) is 0 Å². The van der Waals surface area contributed by atoms with E-state index in [-0.39, 0.29) is 30.3 Å². The number of nitrogens with zero attached hydrogens (tertiary/aromatic N) is 4. The van der Waals surface area contributed by atoms with Crippen LogP contribution in [-0.2, 0) is 16.0 Å². The van der Waals surface area contributed by atoms with Crippen molar-refractivity contribution < 1.29 is 19.7 Å². The van der Waals surface area contributed by atoms with Gasteiger partial charge < -0.3 is 20.1 Å². The topological polar surface area (TPSA) is 118 Å². The molecule has 4 aliphatic heterocycles. The number of H-pyrrole nitrogens is 1. The summed E-state index contributed by atoms with van der Waals surface area (Å²) < 4.78 is 0. The van der Waals surface area contributed by atoms with E-state index in [1.807, 2.05) is 46.3 Å². The van der Waals surface area contributed by atoms with Gasteiger partial charge in [-0.1, -0.05) is 37.1 Å². The molecule has 0 radical (unpaired) electrons. The van der Waals surface area contributed by atoms with Crippen molar-refractivity contribution in [2.24, 2.45) is 22.9 Å². The van der Waals surface area contributed by atoms with E-state index in [1.54, 1.807) is 10.3 Å². The molecule has 1 aromatic heterocycles. The molecule has 2 aromatic carbocycles. The lowest BCUT2D eigenvalue weighted by molar-refractivity contribution is -0.427. The number of amides is 4. The Morgan fingerprint density at radius 1 is 0.854 bits per heavy atom. The molecule has 0 saturated carbocycles. The van der Waals surface area contributed by atoms with Crippen LogP contribution in [0.4, 0.5) is 4.79 Å². The number of hydrogen-bond donors (Lipinski definition) is 3. The predicted molar refractivity (Wildman–Crippen MR) is 186 cm³/mol. The molecule has 4 amide bonds. The number of nitrogens with two attached hydrogens (primary N) is 1. The maximum Gasteiger partial charge on any atom is 0.442 e. The number of amidine groups is 1. The van der Waals surface area contributed by atoms with E-state index >= 15 is 0 Å².